The summed E-state index contributed by atoms with van der Waals surface area (Å²) in [4.78, 5) is 16.8. The van der Waals surface area contributed by atoms with Crippen LogP contribution in [0, 0.1) is 0 Å². The van der Waals surface area contributed by atoms with Crippen molar-refractivity contribution in [2.45, 2.75) is 6.18 Å². The average molecular weight is 340 g/mol. The molecule has 3 nitrogen and oxygen atoms in total. The third kappa shape index (κ3) is 2.46. The highest BCUT2D eigenvalue weighted by Crippen LogP contribution is 2.31. The second-order valence-corrected chi connectivity index (χ2v) is 5.61. The molecule has 25 heavy (non-hydrogen) atoms. The normalized spacial score (nSPS) is 12.0. The first kappa shape index (κ1) is 15.4. The Morgan fingerprint density at radius 3 is 2.28 bits per heavy atom. The molecule has 3 heterocycles. The summed E-state index contributed by atoms with van der Waals surface area (Å²) in [6.45, 7) is 0. The average Bonchev–Trinajstić information content (AvgIpc) is 2.62. The van der Waals surface area contributed by atoms with Crippen LogP contribution in [0.4, 0.5) is 13.2 Å². The Hall–Kier alpha value is -3.15. The minimum atomic E-state index is -4.47. The number of alkyl halides is 3. The van der Waals surface area contributed by atoms with E-state index in [1.165, 1.54) is 10.5 Å². The van der Waals surface area contributed by atoms with E-state index in [9.17, 15) is 18.0 Å². The van der Waals surface area contributed by atoms with Crippen molar-refractivity contribution in [3.63, 3.8) is 0 Å². The number of hydrogen-bond donors (Lipinski definition) is 0. The molecular formula is C19H11F3N2O. The molecule has 0 spiro atoms. The molecule has 0 amide bonds. The Morgan fingerprint density at radius 1 is 0.880 bits per heavy atom. The van der Waals surface area contributed by atoms with Gasteiger partial charge in [0.1, 0.15) is 0 Å². The number of nitrogens with zero attached hydrogens (tertiary/aromatic N) is 2. The van der Waals surface area contributed by atoms with Crippen molar-refractivity contribution >= 4 is 16.3 Å². The summed E-state index contributed by atoms with van der Waals surface area (Å²) in [5.41, 5.74) is 0.0715. The van der Waals surface area contributed by atoms with Crippen molar-refractivity contribution in [1.82, 2.24) is 9.38 Å². The monoisotopic (exact) mass is 340 g/mol. The van der Waals surface area contributed by atoms with Crippen molar-refractivity contribution < 1.29 is 13.2 Å². The molecule has 6 heteroatoms. The maximum atomic E-state index is 12.9. The van der Waals surface area contributed by atoms with Gasteiger partial charge in [0.05, 0.1) is 22.3 Å². The summed E-state index contributed by atoms with van der Waals surface area (Å²) < 4.78 is 39.8. The van der Waals surface area contributed by atoms with E-state index >= 15 is 0 Å². The first-order valence-electron chi connectivity index (χ1n) is 7.52. The van der Waals surface area contributed by atoms with Crippen molar-refractivity contribution in [2.24, 2.45) is 0 Å². The molecule has 0 fully saturated rings. The zero-order chi connectivity index (χ0) is 17.6. The zero-order valence-electron chi connectivity index (χ0n) is 12.8. The van der Waals surface area contributed by atoms with Crippen molar-refractivity contribution in [2.75, 3.05) is 0 Å². The summed E-state index contributed by atoms with van der Waals surface area (Å²) in [7, 11) is 0. The zero-order valence-corrected chi connectivity index (χ0v) is 12.8. The highest BCUT2D eigenvalue weighted by Gasteiger charge is 2.30. The Morgan fingerprint density at radius 2 is 1.60 bits per heavy atom. The van der Waals surface area contributed by atoms with Gasteiger partial charge in [0.2, 0.25) is 0 Å². The van der Waals surface area contributed by atoms with Crippen LogP contribution in [0.5, 0.6) is 0 Å². The Bertz CT molecular complexity index is 1150. The molecule has 3 aromatic heterocycles. The van der Waals surface area contributed by atoms with E-state index in [2.05, 4.69) is 4.98 Å². The SMILES string of the molecule is O=c1c(-c2ccc(C(F)(F)F)cn2)c2ccccc2c2ccccn12. The van der Waals surface area contributed by atoms with Crippen LogP contribution in [-0.2, 0) is 6.18 Å². The highest BCUT2D eigenvalue weighted by molar-refractivity contribution is 6.03. The van der Waals surface area contributed by atoms with Crippen molar-refractivity contribution in [1.29, 1.82) is 0 Å². The van der Waals surface area contributed by atoms with Gasteiger partial charge in [-0.25, -0.2) is 0 Å². The maximum Gasteiger partial charge on any atom is 0.417 e. The number of benzene rings is 1. The molecular weight excluding hydrogens is 329 g/mol. The Balaban J connectivity index is 2.07. The maximum absolute atomic E-state index is 12.9. The Labute approximate surface area is 140 Å². The number of pyridine rings is 3. The van der Waals surface area contributed by atoms with Gasteiger partial charge < -0.3 is 0 Å². The van der Waals surface area contributed by atoms with E-state index < -0.39 is 11.7 Å². The fourth-order valence-corrected chi connectivity index (χ4v) is 2.96. The summed E-state index contributed by atoms with van der Waals surface area (Å²) in [6, 6.07) is 14.9. The molecule has 1 aromatic carbocycles. The van der Waals surface area contributed by atoms with E-state index in [0.29, 0.717) is 5.39 Å². The molecule has 0 saturated heterocycles. The lowest BCUT2D eigenvalue weighted by atomic mass is 10.0. The quantitative estimate of drug-likeness (QED) is 0.477. The van der Waals surface area contributed by atoms with E-state index in [4.69, 9.17) is 0 Å². The predicted octanol–water partition coefficient (Wildman–Crippen LogP) is 4.53. The molecule has 0 aliphatic rings. The van der Waals surface area contributed by atoms with Crippen LogP contribution in [0.25, 0.3) is 27.5 Å². The highest BCUT2D eigenvalue weighted by atomic mass is 19.4. The lowest BCUT2D eigenvalue weighted by Gasteiger charge is -2.11. The van der Waals surface area contributed by atoms with Crippen LogP contribution < -0.4 is 5.56 Å². The molecule has 124 valence electrons. The van der Waals surface area contributed by atoms with Gasteiger partial charge >= 0.3 is 6.18 Å². The van der Waals surface area contributed by atoms with Gasteiger partial charge in [0.25, 0.3) is 5.56 Å². The van der Waals surface area contributed by atoms with Gasteiger partial charge in [-0.15, -0.1) is 0 Å². The third-order valence-corrected chi connectivity index (χ3v) is 4.11. The molecule has 0 aliphatic carbocycles. The molecule has 4 rings (SSSR count). The van der Waals surface area contributed by atoms with Gasteiger partial charge in [-0.2, -0.15) is 13.2 Å². The summed E-state index contributed by atoms with van der Waals surface area (Å²) >= 11 is 0. The molecule has 0 unspecified atom stereocenters. The Kier molecular flexibility index (Phi) is 3.35. The molecule has 4 aromatic rings. The van der Waals surface area contributed by atoms with Gasteiger partial charge in [-0.3, -0.25) is 14.2 Å². The summed E-state index contributed by atoms with van der Waals surface area (Å²) in [5.74, 6) is 0. The topological polar surface area (TPSA) is 34.4 Å². The second kappa shape index (κ2) is 5.44. The van der Waals surface area contributed by atoms with Gasteiger partial charge in [-0.1, -0.05) is 30.3 Å². The van der Waals surface area contributed by atoms with Crippen LogP contribution in [0.1, 0.15) is 5.56 Å². The fourth-order valence-electron chi connectivity index (χ4n) is 2.96. The molecule has 0 bridgehead atoms. The molecule has 0 N–H and O–H groups in total. The van der Waals surface area contributed by atoms with Crippen LogP contribution in [0.15, 0.2) is 71.8 Å². The van der Waals surface area contributed by atoms with Crippen molar-refractivity contribution in [3.05, 3.63) is 82.9 Å². The smallest absolute Gasteiger partial charge is 0.283 e. The van der Waals surface area contributed by atoms with Crippen LogP contribution in [-0.4, -0.2) is 9.38 Å². The van der Waals surface area contributed by atoms with E-state index in [-0.39, 0.29) is 16.8 Å². The number of rotatable bonds is 1. The van der Waals surface area contributed by atoms with E-state index in [1.807, 2.05) is 24.3 Å². The predicted molar refractivity (Wildman–Crippen MR) is 89.4 cm³/mol. The molecule has 0 aliphatic heterocycles. The first-order valence-corrected chi connectivity index (χ1v) is 7.52. The van der Waals surface area contributed by atoms with Gasteiger partial charge in [-0.05, 0) is 29.7 Å². The minimum absolute atomic E-state index is 0.215. The lowest BCUT2D eigenvalue weighted by molar-refractivity contribution is -0.137. The number of fused-ring (bicyclic) bond motifs is 3. The number of halogens is 3. The standard InChI is InChI=1S/C19H11F3N2O/c20-19(21,22)12-8-9-15(23-11-12)17-14-6-2-1-5-13(14)16-7-3-4-10-24(16)18(17)25/h1-11H. The third-order valence-electron chi connectivity index (χ3n) is 4.11. The number of aromatic nitrogens is 2. The molecule has 0 atom stereocenters. The fraction of sp³-hybridized carbons (Fsp3) is 0.0526. The number of hydrogen-bond acceptors (Lipinski definition) is 2. The largest absolute Gasteiger partial charge is 0.417 e. The molecule has 0 radical (unpaired) electrons. The van der Waals surface area contributed by atoms with Crippen molar-refractivity contribution in [3.8, 4) is 11.3 Å². The van der Waals surface area contributed by atoms with Crippen LogP contribution >= 0.6 is 0 Å². The van der Waals surface area contributed by atoms with Gasteiger partial charge in [0, 0.05) is 17.8 Å². The van der Waals surface area contributed by atoms with Gasteiger partial charge in [0.15, 0.2) is 0 Å². The summed E-state index contributed by atoms with van der Waals surface area (Å²) in [6.07, 6.45) is -2.08. The lowest BCUT2D eigenvalue weighted by Crippen LogP contribution is -2.17. The molecule has 0 saturated carbocycles. The first-order chi connectivity index (χ1) is 12.0. The van der Waals surface area contributed by atoms with Crippen LogP contribution in [0.2, 0.25) is 0 Å². The van der Waals surface area contributed by atoms with Crippen LogP contribution in [0.3, 0.4) is 0 Å². The minimum Gasteiger partial charge on any atom is -0.283 e. The van der Waals surface area contributed by atoms with E-state index in [1.54, 1.807) is 24.4 Å². The van der Waals surface area contributed by atoms with E-state index in [0.717, 1.165) is 23.2 Å². The summed E-state index contributed by atoms with van der Waals surface area (Å²) in [5, 5.41) is 1.49. The second-order valence-electron chi connectivity index (χ2n) is 5.61.